The molecule has 4 heteroatoms. The van der Waals surface area contributed by atoms with Crippen molar-refractivity contribution >= 4 is 5.91 Å². The molecule has 0 spiro atoms. The topological polar surface area (TPSA) is 58.4 Å². The largest absolute Gasteiger partial charge is 0.352 e. The molecule has 3 N–H and O–H groups in total. The van der Waals surface area contributed by atoms with Crippen LogP contribution in [0.4, 0.5) is 0 Å². The summed E-state index contributed by atoms with van der Waals surface area (Å²) < 4.78 is 0. The van der Waals surface area contributed by atoms with Crippen molar-refractivity contribution in [2.24, 2.45) is 11.7 Å². The van der Waals surface area contributed by atoms with Crippen molar-refractivity contribution in [3.05, 3.63) is 0 Å². The van der Waals surface area contributed by atoms with Gasteiger partial charge in [-0.05, 0) is 38.3 Å². The van der Waals surface area contributed by atoms with Crippen LogP contribution in [0.1, 0.15) is 58.8 Å². The van der Waals surface area contributed by atoms with Gasteiger partial charge in [0.05, 0.1) is 6.54 Å². The zero-order valence-corrected chi connectivity index (χ0v) is 13.4. The number of hydrogen-bond acceptors (Lipinski definition) is 3. The fraction of sp³-hybridized carbons (Fsp3) is 0.938. The summed E-state index contributed by atoms with van der Waals surface area (Å²) in [7, 11) is 0. The Labute approximate surface area is 124 Å². The molecule has 4 nitrogen and oxygen atoms in total. The summed E-state index contributed by atoms with van der Waals surface area (Å²) in [5.41, 5.74) is 5.58. The van der Waals surface area contributed by atoms with E-state index in [1.54, 1.807) is 0 Å². The van der Waals surface area contributed by atoms with Crippen molar-refractivity contribution in [1.29, 1.82) is 0 Å². The molecule has 0 atom stereocenters. The van der Waals surface area contributed by atoms with Crippen molar-refractivity contribution < 1.29 is 4.79 Å². The Morgan fingerprint density at radius 3 is 2.45 bits per heavy atom. The highest BCUT2D eigenvalue weighted by Crippen LogP contribution is 2.17. The average molecular weight is 283 g/mol. The second-order valence-corrected chi connectivity index (χ2v) is 6.53. The lowest BCUT2D eigenvalue weighted by Gasteiger charge is -2.25. The number of carbonyl (C=O) groups is 1. The molecular weight excluding hydrogens is 250 g/mol. The fourth-order valence-corrected chi connectivity index (χ4v) is 2.97. The van der Waals surface area contributed by atoms with Gasteiger partial charge in [-0.1, -0.05) is 39.5 Å². The van der Waals surface area contributed by atoms with E-state index in [0.717, 1.165) is 32.4 Å². The molecule has 20 heavy (non-hydrogen) atoms. The second kappa shape index (κ2) is 10.2. The Hall–Kier alpha value is -0.610. The highest BCUT2D eigenvalue weighted by atomic mass is 16.2. The van der Waals surface area contributed by atoms with Gasteiger partial charge in [0.15, 0.2) is 0 Å². The van der Waals surface area contributed by atoms with Crippen LogP contribution in [0.25, 0.3) is 0 Å². The number of hydrogen-bond donors (Lipinski definition) is 2. The maximum absolute atomic E-state index is 12.2. The average Bonchev–Trinajstić information content (AvgIpc) is 2.63. The van der Waals surface area contributed by atoms with E-state index in [4.69, 9.17) is 5.73 Å². The molecule has 0 aromatic heterocycles. The first kappa shape index (κ1) is 17.4. The lowest BCUT2D eigenvalue weighted by molar-refractivity contribution is -0.123. The Kier molecular flexibility index (Phi) is 8.86. The van der Waals surface area contributed by atoms with Gasteiger partial charge in [0.1, 0.15) is 0 Å². The molecule has 1 amide bonds. The van der Waals surface area contributed by atoms with Crippen LogP contribution in [-0.4, -0.2) is 43.0 Å². The van der Waals surface area contributed by atoms with E-state index >= 15 is 0 Å². The van der Waals surface area contributed by atoms with E-state index in [1.807, 2.05) is 0 Å². The predicted molar refractivity (Wildman–Crippen MR) is 84.6 cm³/mol. The van der Waals surface area contributed by atoms with Crippen LogP contribution in [0, 0.1) is 5.92 Å². The number of nitrogens with one attached hydrogen (secondary N) is 1. The molecule has 0 aromatic rings. The maximum atomic E-state index is 12.2. The van der Waals surface area contributed by atoms with Crippen molar-refractivity contribution in [3.8, 4) is 0 Å². The molecule has 1 saturated carbocycles. The molecule has 0 aromatic carbocycles. The number of amides is 1. The smallest absolute Gasteiger partial charge is 0.234 e. The molecule has 1 aliphatic rings. The molecule has 0 saturated heterocycles. The Morgan fingerprint density at radius 2 is 1.90 bits per heavy atom. The highest BCUT2D eigenvalue weighted by Gasteiger charge is 2.17. The molecule has 0 aliphatic heterocycles. The third-order valence-corrected chi connectivity index (χ3v) is 3.89. The predicted octanol–water partition coefficient (Wildman–Crippen LogP) is 2.13. The van der Waals surface area contributed by atoms with Crippen molar-refractivity contribution in [2.75, 3.05) is 26.2 Å². The van der Waals surface area contributed by atoms with Gasteiger partial charge in [-0.15, -0.1) is 0 Å². The van der Waals surface area contributed by atoms with Crippen LogP contribution >= 0.6 is 0 Å². The van der Waals surface area contributed by atoms with Gasteiger partial charge in [0.25, 0.3) is 0 Å². The van der Waals surface area contributed by atoms with Crippen LogP contribution < -0.4 is 11.1 Å². The normalized spacial score (nSPS) is 17.4. The lowest BCUT2D eigenvalue weighted by Crippen LogP contribution is -2.43. The van der Waals surface area contributed by atoms with E-state index in [-0.39, 0.29) is 5.91 Å². The van der Waals surface area contributed by atoms with Crippen LogP contribution in [0.15, 0.2) is 0 Å². The van der Waals surface area contributed by atoms with Gasteiger partial charge in [-0.2, -0.15) is 0 Å². The Morgan fingerprint density at radius 1 is 1.25 bits per heavy atom. The fourth-order valence-electron chi connectivity index (χ4n) is 2.97. The summed E-state index contributed by atoms with van der Waals surface area (Å²) >= 11 is 0. The zero-order valence-electron chi connectivity index (χ0n) is 13.4. The number of rotatable bonds is 8. The number of nitrogens with zero attached hydrogens (tertiary/aromatic N) is 1. The van der Waals surface area contributed by atoms with Gasteiger partial charge >= 0.3 is 0 Å². The zero-order chi connectivity index (χ0) is 14.8. The van der Waals surface area contributed by atoms with Gasteiger partial charge in [-0.3, -0.25) is 9.69 Å². The van der Waals surface area contributed by atoms with Crippen LogP contribution in [0.5, 0.6) is 0 Å². The minimum Gasteiger partial charge on any atom is -0.352 e. The first-order valence-electron chi connectivity index (χ1n) is 8.33. The quantitative estimate of drug-likeness (QED) is 0.671. The first-order chi connectivity index (χ1) is 9.61. The molecule has 118 valence electrons. The minimum atomic E-state index is 0.189. The Bertz CT molecular complexity index is 260. The van der Waals surface area contributed by atoms with E-state index in [9.17, 15) is 4.79 Å². The summed E-state index contributed by atoms with van der Waals surface area (Å²) in [5.74, 6) is 0.771. The van der Waals surface area contributed by atoms with Gasteiger partial charge < -0.3 is 11.1 Å². The number of carbonyl (C=O) groups excluding carboxylic acids is 1. The van der Waals surface area contributed by atoms with Crippen LogP contribution in [-0.2, 0) is 4.79 Å². The van der Waals surface area contributed by atoms with E-state index in [0.29, 0.717) is 25.0 Å². The molecule has 0 unspecified atom stereocenters. The molecule has 0 radical (unpaired) electrons. The third kappa shape index (κ3) is 7.85. The van der Waals surface area contributed by atoms with E-state index < -0.39 is 0 Å². The lowest BCUT2D eigenvalue weighted by atomic mass is 10.1. The van der Waals surface area contributed by atoms with Crippen LogP contribution in [0.3, 0.4) is 0 Å². The monoisotopic (exact) mass is 283 g/mol. The maximum Gasteiger partial charge on any atom is 0.234 e. The Balaban J connectivity index is 2.35. The summed E-state index contributed by atoms with van der Waals surface area (Å²) in [6, 6.07) is 0.403. The van der Waals surface area contributed by atoms with Crippen molar-refractivity contribution in [2.45, 2.75) is 64.8 Å². The van der Waals surface area contributed by atoms with Crippen molar-refractivity contribution in [1.82, 2.24) is 10.2 Å². The van der Waals surface area contributed by atoms with Crippen molar-refractivity contribution in [3.63, 3.8) is 0 Å². The second-order valence-electron chi connectivity index (χ2n) is 6.53. The van der Waals surface area contributed by atoms with E-state index in [1.165, 1.54) is 25.7 Å². The molecule has 1 aliphatic carbocycles. The molecule has 1 rings (SSSR count). The SMILES string of the molecule is CC(C)CN(CCCN)CC(=O)NC1CCCCCC1. The summed E-state index contributed by atoms with van der Waals surface area (Å²) in [6.45, 7) is 7.50. The molecule has 1 fully saturated rings. The molecular formula is C16H33N3O. The minimum absolute atomic E-state index is 0.189. The van der Waals surface area contributed by atoms with E-state index in [2.05, 4.69) is 24.1 Å². The van der Waals surface area contributed by atoms with Gasteiger partial charge in [-0.25, -0.2) is 0 Å². The third-order valence-electron chi connectivity index (χ3n) is 3.89. The molecule has 0 heterocycles. The van der Waals surface area contributed by atoms with Gasteiger partial charge in [0, 0.05) is 12.6 Å². The summed E-state index contributed by atoms with van der Waals surface area (Å²) in [6.07, 6.45) is 8.42. The van der Waals surface area contributed by atoms with Crippen LogP contribution in [0.2, 0.25) is 0 Å². The summed E-state index contributed by atoms with van der Waals surface area (Å²) in [4.78, 5) is 14.4. The number of nitrogens with two attached hydrogens (primary N) is 1. The van der Waals surface area contributed by atoms with Gasteiger partial charge in [0.2, 0.25) is 5.91 Å². The first-order valence-corrected chi connectivity index (χ1v) is 8.33. The standard InChI is InChI=1S/C16H33N3O/c1-14(2)12-19(11-7-10-17)13-16(20)18-15-8-5-3-4-6-9-15/h14-15H,3-13,17H2,1-2H3,(H,18,20). The molecule has 0 bridgehead atoms. The highest BCUT2D eigenvalue weighted by molar-refractivity contribution is 5.78. The summed E-state index contributed by atoms with van der Waals surface area (Å²) in [5, 5.41) is 3.23.